The first-order valence-corrected chi connectivity index (χ1v) is 9.67. The van der Waals surface area contributed by atoms with Crippen molar-refractivity contribution < 1.29 is 23.1 Å². The lowest BCUT2D eigenvalue weighted by Crippen LogP contribution is -2.34. The van der Waals surface area contributed by atoms with Crippen LogP contribution in [0.1, 0.15) is 22.3 Å². The number of ether oxygens (including phenoxy) is 1. The molecular formula is C21H18F2N2O3S. The molecule has 1 amide bonds. The van der Waals surface area contributed by atoms with E-state index in [4.69, 9.17) is 4.74 Å². The Morgan fingerprint density at radius 1 is 1.03 bits per heavy atom. The fraction of sp³-hybridized carbons (Fsp3) is 0.190. The number of aryl methyl sites for hydroxylation is 1. The van der Waals surface area contributed by atoms with Crippen LogP contribution in [0.4, 0.5) is 14.5 Å². The Hall–Kier alpha value is -3.13. The van der Waals surface area contributed by atoms with Gasteiger partial charge >= 0.3 is 5.97 Å². The van der Waals surface area contributed by atoms with Crippen molar-refractivity contribution in [1.82, 2.24) is 4.98 Å². The predicted octanol–water partition coefficient (Wildman–Crippen LogP) is 4.61. The van der Waals surface area contributed by atoms with E-state index in [1.807, 2.05) is 0 Å². The first-order valence-electron chi connectivity index (χ1n) is 8.85. The molecule has 0 aliphatic rings. The van der Waals surface area contributed by atoms with Crippen molar-refractivity contribution >= 4 is 28.9 Å². The van der Waals surface area contributed by atoms with Crippen molar-refractivity contribution in [3.63, 3.8) is 0 Å². The molecule has 0 atom stereocenters. The molecule has 0 spiro atoms. The monoisotopic (exact) mass is 416 g/mol. The van der Waals surface area contributed by atoms with E-state index in [1.54, 1.807) is 26.0 Å². The molecule has 0 radical (unpaired) electrons. The maximum absolute atomic E-state index is 13.1. The van der Waals surface area contributed by atoms with Crippen LogP contribution in [-0.2, 0) is 9.53 Å². The molecule has 8 heteroatoms. The third-order valence-corrected chi connectivity index (χ3v) is 5.34. The Bertz CT molecular complexity index is 1020. The second-order valence-electron chi connectivity index (χ2n) is 6.13. The summed E-state index contributed by atoms with van der Waals surface area (Å²) in [6, 6.07) is 11.3. The van der Waals surface area contributed by atoms with Gasteiger partial charge in [0.15, 0.2) is 6.61 Å². The summed E-state index contributed by atoms with van der Waals surface area (Å²) in [5.74, 6) is -1.84. The number of likely N-dealkylation sites (N-methyl/N-ethyl adjacent to an activating group) is 1. The highest BCUT2D eigenvalue weighted by Crippen LogP contribution is 2.28. The molecule has 0 unspecified atom stereocenters. The number of halogens is 2. The van der Waals surface area contributed by atoms with Crippen LogP contribution in [0.5, 0.6) is 0 Å². The summed E-state index contributed by atoms with van der Waals surface area (Å²) >= 11 is 1.12. The lowest BCUT2D eigenvalue weighted by atomic mass is 10.2. The Labute approximate surface area is 170 Å². The summed E-state index contributed by atoms with van der Waals surface area (Å²) in [5.41, 5.74) is 1.67. The first-order chi connectivity index (χ1) is 13.9. The number of rotatable bonds is 6. The Balaban J connectivity index is 1.67. The minimum Gasteiger partial charge on any atom is -0.451 e. The first kappa shape index (κ1) is 20.6. The molecule has 0 fully saturated rings. The standard InChI is InChI=1S/C21H18F2N2O3S/c1-3-25(17-10-8-16(23)9-11-17)18(26)12-28-21(27)19-13(2)24-20(29-19)14-4-6-15(22)7-5-14/h4-11H,3,12H2,1-2H3. The molecule has 29 heavy (non-hydrogen) atoms. The molecule has 0 saturated carbocycles. The highest BCUT2D eigenvalue weighted by molar-refractivity contribution is 7.17. The molecular weight excluding hydrogens is 398 g/mol. The van der Waals surface area contributed by atoms with Crippen LogP contribution in [0.2, 0.25) is 0 Å². The molecule has 0 N–H and O–H groups in total. The van der Waals surface area contributed by atoms with Gasteiger partial charge in [0.2, 0.25) is 0 Å². The minimum atomic E-state index is -0.656. The van der Waals surface area contributed by atoms with E-state index in [2.05, 4.69) is 4.98 Å². The lowest BCUT2D eigenvalue weighted by molar-refractivity contribution is -0.121. The fourth-order valence-electron chi connectivity index (χ4n) is 2.70. The van der Waals surface area contributed by atoms with Gasteiger partial charge in [-0.15, -0.1) is 11.3 Å². The Morgan fingerprint density at radius 2 is 1.62 bits per heavy atom. The molecule has 2 aromatic carbocycles. The van der Waals surface area contributed by atoms with Gasteiger partial charge in [-0.25, -0.2) is 18.6 Å². The number of aromatic nitrogens is 1. The highest BCUT2D eigenvalue weighted by atomic mass is 32.1. The van der Waals surface area contributed by atoms with Crippen molar-refractivity contribution in [2.45, 2.75) is 13.8 Å². The van der Waals surface area contributed by atoms with E-state index in [-0.39, 0.29) is 10.7 Å². The van der Waals surface area contributed by atoms with Crippen molar-refractivity contribution in [1.29, 1.82) is 0 Å². The maximum atomic E-state index is 13.1. The quantitative estimate of drug-likeness (QED) is 0.551. The van der Waals surface area contributed by atoms with Crippen LogP contribution >= 0.6 is 11.3 Å². The average molecular weight is 416 g/mol. The largest absolute Gasteiger partial charge is 0.451 e. The Kier molecular flexibility index (Phi) is 6.33. The van der Waals surface area contributed by atoms with E-state index >= 15 is 0 Å². The number of benzene rings is 2. The summed E-state index contributed by atoms with van der Waals surface area (Å²) < 4.78 is 31.3. The lowest BCUT2D eigenvalue weighted by Gasteiger charge is -2.20. The number of esters is 1. The van der Waals surface area contributed by atoms with Gasteiger partial charge in [0.25, 0.3) is 5.91 Å². The molecule has 1 heterocycles. The summed E-state index contributed by atoms with van der Waals surface area (Å²) in [6.45, 7) is 3.33. The van der Waals surface area contributed by atoms with Gasteiger partial charge in [0.1, 0.15) is 21.5 Å². The van der Waals surface area contributed by atoms with Gasteiger partial charge in [-0.2, -0.15) is 0 Å². The topological polar surface area (TPSA) is 59.5 Å². The van der Waals surface area contributed by atoms with Gasteiger partial charge in [0, 0.05) is 17.8 Å². The molecule has 3 aromatic rings. The zero-order chi connectivity index (χ0) is 21.0. The van der Waals surface area contributed by atoms with Gasteiger partial charge in [0.05, 0.1) is 5.69 Å². The highest BCUT2D eigenvalue weighted by Gasteiger charge is 2.21. The van der Waals surface area contributed by atoms with Gasteiger partial charge in [-0.1, -0.05) is 0 Å². The SMILES string of the molecule is CCN(C(=O)COC(=O)c1sc(-c2ccc(F)cc2)nc1C)c1ccc(F)cc1. The number of hydrogen-bond acceptors (Lipinski definition) is 5. The average Bonchev–Trinajstić information content (AvgIpc) is 3.10. The van der Waals surface area contributed by atoms with Crippen molar-refractivity contribution in [3.8, 4) is 10.6 Å². The van der Waals surface area contributed by atoms with Crippen LogP contribution in [0.15, 0.2) is 48.5 Å². The van der Waals surface area contributed by atoms with Crippen LogP contribution in [0, 0.1) is 18.6 Å². The zero-order valence-electron chi connectivity index (χ0n) is 15.8. The molecule has 3 rings (SSSR count). The molecule has 0 aliphatic heterocycles. The fourth-order valence-corrected chi connectivity index (χ4v) is 3.66. The molecule has 0 saturated heterocycles. The summed E-state index contributed by atoms with van der Waals surface area (Å²) in [7, 11) is 0. The molecule has 0 bridgehead atoms. The van der Waals surface area contributed by atoms with E-state index in [9.17, 15) is 18.4 Å². The van der Waals surface area contributed by atoms with Gasteiger partial charge < -0.3 is 9.64 Å². The molecule has 150 valence electrons. The van der Waals surface area contributed by atoms with Crippen LogP contribution in [0.3, 0.4) is 0 Å². The van der Waals surface area contributed by atoms with E-state index in [0.29, 0.717) is 28.5 Å². The summed E-state index contributed by atoms with van der Waals surface area (Å²) in [4.78, 5) is 30.9. The summed E-state index contributed by atoms with van der Waals surface area (Å²) in [6.07, 6.45) is 0. The number of nitrogens with zero attached hydrogens (tertiary/aromatic N) is 2. The maximum Gasteiger partial charge on any atom is 0.350 e. The smallest absolute Gasteiger partial charge is 0.350 e. The van der Waals surface area contributed by atoms with Crippen LogP contribution < -0.4 is 4.90 Å². The van der Waals surface area contributed by atoms with Crippen LogP contribution in [0.25, 0.3) is 10.6 Å². The Morgan fingerprint density at radius 3 is 2.21 bits per heavy atom. The van der Waals surface area contributed by atoms with E-state index in [1.165, 1.54) is 41.3 Å². The number of carbonyl (C=O) groups is 2. The minimum absolute atomic E-state index is 0.280. The van der Waals surface area contributed by atoms with Crippen molar-refractivity contribution in [2.24, 2.45) is 0 Å². The van der Waals surface area contributed by atoms with Crippen molar-refractivity contribution in [2.75, 3.05) is 18.1 Å². The normalized spacial score (nSPS) is 10.6. The van der Waals surface area contributed by atoms with Crippen molar-refractivity contribution in [3.05, 3.63) is 70.7 Å². The molecule has 1 aromatic heterocycles. The second kappa shape index (κ2) is 8.91. The second-order valence-corrected chi connectivity index (χ2v) is 7.13. The predicted molar refractivity (Wildman–Crippen MR) is 107 cm³/mol. The molecule has 5 nitrogen and oxygen atoms in total. The number of amides is 1. The third-order valence-electron chi connectivity index (χ3n) is 4.16. The van der Waals surface area contributed by atoms with Gasteiger partial charge in [-0.3, -0.25) is 4.79 Å². The third kappa shape index (κ3) is 4.83. The van der Waals surface area contributed by atoms with Gasteiger partial charge in [-0.05, 0) is 62.4 Å². The number of carbonyl (C=O) groups excluding carboxylic acids is 2. The zero-order valence-corrected chi connectivity index (χ0v) is 16.6. The van der Waals surface area contributed by atoms with E-state index < -0.39 is 24.3 Å². The number of hydrogen-bond donors (Lipinski definition) is 0. The number of anilines is 1. The van der Waals surface area contributed by atoms with E-state index in [0.717, 1.165) is 11.3 Å². The molecule has 0 aliphatic carbocycles. The summed E-state index contributed by atoms with van der Waals surface area (Å²) in [5, 5.41) is 0.558. The van der Waals surface area contributed by atoms with Crippen LogP contribution in [-0.4, -0.2) is 30.0 Å². The number of thiazole rings is 1.